The SMILES string of the molecule is Cc1[nH]c2ccccc2c1Cc1ccc(C#N)cc1F. The van der Waals surface area contributed by atoms with E-state index < -0.39 is 0 Å². The van der Waals surface area contributed by atoms with E-state index in [1.165, 1.54) is 6.07 Å². The minimum absolute atomic E-state index is 0.325. The third kappa shape index (κ3) is 2.06. The summed E-state index contributed by atoms with van der Waals surface area (Å²) in [6, 6.07) is 14.6. The number of aromatic amines is 1. The fraction of sp³-hybridized carbons (Fsp3) is 0.118. The van der Waals surface area contributed by atoms with Crippen molar-refractivity contribution in [3.05, 3.63) is 70.7 Å². The molecule has 0 fully saturated rings. The summed E-state index contributed by atoms with van der Waals surface area (Å²) in [5.41, 5.74) is 4.17. The second-order valence-electron chi connectivity index (χ2n) is 4.87. The van der Waals surface area contributed by atoms with Crippen LogP contribution in [-0.2, 0) is 6.42 Å². The molecule has 0 unspecified atom stereocenters. The van der Waals surface area contributed by atoms with Gasteiger partial charge in [-0.05, 0) is 36.2 Å². The molecule has 0 saturated heterocycles. The molecule has 3 rings (SSSR count). The zero-order valence-electron chi connectivity index (χ0n) is 11.1. The van der Waals surface area contributed by atoms with Gasteiger partial charge in [0.25, 0.3) is 0 Å². The highest BCUT2D eigenvalue weighted by atomic mass is 19.1. The quantitative estimate of drug-likeness (QED) is 0.744. The number of para-hydroxylation sites is 1. The maximum Gasteiger partial charge on any atom is 0.128 e. The van der Waals surface area contributed by atoms with Gasteiger partial charge in [-0.25, -0.2) is 4.39 Å². The van der Waals surface area contributed by atoms with Crippen LogP contribution in [0, 0.1) is 24.1 Å². The third-order valence-corrected chi connectivity index (χ3v) is 3.58. The van der Waals surface area contributed by atoms with Crippen LogP contribution in [0.25, 0.3) is 10.9 Å². The van der Waals surface area contributed by atoms with Gasteiger partial charge >= 0.3 is 0 Å². The Hall–Kier alpha value is -2.60. The summed E-state index contributed by atoms with van der Waals surface area (Å²) >= 11 is 0. The molecule has 0 amide bonds. The minimum atomic E-state index is -0.325. The van der Waals surface area contributed by atoms with Gasteiger partial charge < -0.3 is 4.98 Å². The van der Waals surface area contributed by atoms with Crippen molar-refractivity contribution in [3.8, 4) is 6.07 Å². The van der Waals surface area contributed by atoms with E-state index in [0.29, 0.717) is 17.5 Å². The highest BCUT2D eigenvalue weighted by molar-refractivity contribution is 5.84. The summed E-state index contributed by atoms with van der Waals surface area (Å²) in [5, 5.41) is 9.89. The maximum absolute atomic E-state index is 14.0. The molecule has 1 N–H and O–H groups in total. The van der Waals surface area contributed by atoms with Gasteiger partial charge in [-0.3, -0.25) is 0 Å². The Morgan fingerprint density at radius 2 is 2.00 bits per heavy atom. The van der Waals surface area contributed by atoms with Crippen LogP contribution in [0.15, 0.2) is 42.5 Å². The molecular weight excluding hydrogens is 251 g/mol. The van der Waals surface area contributed by atoms with Gasteiger partial charge in [0, 0.05) is 23.0 Å². The van der Waals surface area contributed by atoms with E-state index in [2.05, 4.69) is 4.98 Å². The van der Waals surface area contributed by atoms with Crippen LogP contribution in [0.4, 0.5) is 4.39 Å². The molecule has 2 nitrogen and oxygen atoms in total. The number of hydrogen-bond donors (Lipinski definition) is 1. The number of nitrogens with one attached hydrogen (secondary N) is 1. The predicted molar refractivity (Wildman–Crippen MR) is 77.0 cm³/mol. The third-order valence-electron chi connectivity index (χ3n) is 3.58. The summed E-state index contributed by atoms with van der Waals surface area (Å²) in [4.78, 5) is 3.31. The van der Waals surface area contributed by atoms with Crippen molar-refractivity contribution in [1.82, 2.24) is 4.98 Å². The molecule has 3 aromatic rings. The first-order valence-corrected chi connectivity index (χ1v) is 6.44. The monoisotopic (exact) mass is 264 g/mol. The largest absolute Gasteiger partial charge is 0.358 e. The predicted octanol–water partition coefficient (Wildman–Crippen LogP) is 4.08. The molecule has 3 heteroatoms. The van der Waals surface area contributed by atoms with Crippen molar-refractivity contribution in [2.45, 2.75) is 13.3 Å². The van der Waals surface area contributed by atoms with Crippen molar-refractivity contribution in [2.75, 3.05) is 0 Å². The van der Waals surface area contributed by atoms with Crippen LogP contribution in [-0.4, -0.2) is 4.98 Å². The summed E-state index contributed by atoms with van der Waals surface area (Å²) in [5.74, 6) is -0.325. The van der Waals surface area contributed by atoms with Crippen LogP contribution in [0.3, 0.4) is 0 Å². The average Bonchev–Trinajstić information content (AvgIpc) is 2.77. The normalized spacial score (nSPS) is 10.7. The number of nitriles is 1. The highest BCUT2D eigenvalue weighted by Crippen LogP contribution is 2.25. The maximum atomic E-state index is 14.0. The van der Waals surface area contributed by atoms with Crippen LogP contribution in [0.5, 0.6) is 0 Å². The molecule has 2 aromatic carbocycles. The number of aryl methyl sites for hydroxylation is 1. The molecule has 1 aromatic heterocycles. The average molecular weight is 264 g/mol. The van der Waals surface area contributed by atoms with Gasteiger partial charge in [0.05, 0.1) is 11.6 Å². The summed E-state index contributed by atoms with van der Waals surface area (Å²) in [6.07, 6.45) is 0.521. The van der Waals surface area contributed by atoms with Gasteiger partial charge in [0.15, 0.2) is 0 Å². The zero-order chi connectivity index (χ0) is 14.1. The first-order valence-electron chi connectivity index (χ1n) is 6.44. The molecule has 0 spiro atoms. The summed E-state index contributed by atoms with van der Waals surface area (Å²) in [7, 11) is 0. The van der Waals surface area contributed by atoms with Gasteiger partial charge in [-0.1, -0.05) is 24.3 Å². The molecule has 20 heavy (non-hydrogen) atoms. The number of aromatic nitrogens is 1. The number of H-pyrrole nitrogens is 1. The smallest absolute Gasteiger partial charge is 0.128 e. The highest BCUT2D eigenvalue weighted by Gasteiger charge is 2.11. The fourth-order valence-corrected chi connectivity index (χ4v) is 2.51. The molecule has 0 aliphatic rings. The number of hydrogen-bond acceptors (Lipinski definition) is 1. The number of rotatable bonds is 2. The summed E-state index contributed by atoms with van der Waals surface area (Å²) in [6.45, 7) is 2.00. The van der Waals surface area contributed by atoms with Gasteiger partial charge in [0.1, 0.15) is 5.82 Å². The van der Waals surface area contributed by atoms with Gasteiger partial charge in [0.2, 0.25) is 0 Å². The molecule has 0 bridgehead atoms. The first kappa shape index (κ1) is 12.4. The second-order valence-corrected chi connectivity index (χ2v) is 4.87. The molecule has 0 aliphatic carbocycles. The number of nitrogens with zero attached hydrogens (tertiary/aromatic N) is 1. The lowest BCUT2D eigenvalue weighted by atomic mass is 10.0. The lowest BCUT2D eigenvalue weighted by Crippen LogP contribution is -1.94. The molecule has 1 heterocycles. The van der Waals surface area contributed by atoms with E-state index in [9.17, 15) is 4.39 Å². The Morgan fingerprint density at radius 1 is 1.20 bits per heavy atom. The topological polar surface area (TPSA) is 39.6 Å². The van der Waals surface area contributed by atoms with Crippen LogP contribution < -0.4 is 0 Å². The zero-order valence-corrected chi connectivity index (χ0v) is 11.1. The number of fused-ring (bicyclic) bond motifs is 1. The minimum Gasteiger partial charge on any atom is -0.358 e. The van der Waals surface area contributed by atoms with E-state index >= 15 is 0 Å². The molecule has 0 radical (unpaired) electrons. The van der Waals surface area contributed by atoms with Crippen LogP contribution in [0.1, 0.15) is 22.4 Å². The molecule has 0 saturated carbocycles. The molecule has 0 atom stereocenters. The fourth-order valence-electron chi connectivity index (χ4n) is 2.51. The Morgan fingerprint density at radius 3 is 2.75 bits per heavy atom. The van der Waals surface area contributed by atoms with E-state index in [0.717, 1.165) is 22.2 Å². The second kappa shape index (κ2) is 4.82. The van der Waals surface area contributed by atoms with E-state index in [1.54, 1.807) is 12.1 Å². The number of halogens is 1. The standard InChI is InChI=1S/C17H13FN2/c1-11-15(14-4-2-3-5-17(14)20-11)9-13-7-6-12(10-19)8-16(13)18/h2-8,20H,9H2,1H3. The van der Waals surface area contributed by atoms with Crippen molar-refractivity contribution >= 4 is 10.9 Å². The Kier molecular flexibility index (Phi) is 3.00. The number of benzene rings is 2. The van der Waals surface area contributed by atoms with E-state index in [4.69, 9.17) is 5.26 Å². The summed E-state index contributed by atoms with van der Waals surface area (Å²) < 4.78 is 14.0. The lowest BCUT2D eigenvalue weighted by Gasteiger charge is -2.04. The van der Waals surface area contributed by atoms with E-state index in [1.807, 2.05) is 37.3 Å². The molecular formula is C17H13FN2. The molecule has 0 aliphatic heterocycles. The van der Waals surface area contributed by atoms with Gasteiger partial charge in [-0.2, -0.15) is 5.26 Å². The Labute approximate surface area is 116 Å². The van der Waals surface area contributed by atoms with Crippen molar-refractivity contribution < 1.29 is 4.39 Å². The lowest BCUT2D eigenvalue weighted by molar-refractivity contribution is 0.613. The van der Waals surface area contributed by atoms with Gasteiger partial charge in [-0.15, -0.1) is 0 Å². The Balaban J connectivity index is 2.06. The first-order chi connectivity index (χ1) is 9.69. The van der Waals surface area contributed by atoms with Crippen LogP contribution in [0.2, 0.25) is 0 Å². The van der Waals surface area contributed by atoms with E-state index in [-0.39, 0.29) is 5.82 Å². The van der Waals surface area contributed by atoms with Crippen molar-refractivity contribution in [3.63, 3.8) is 0 Å². The van der Waals surface area contributed by atoms with Crippen molar-refractivity contribution in [1.29, 1.82) is 5.26 Å². The van der Waals surface area contributed by atoms with Crippen LogP contribution >= 0.6 is 0 Å². The molecule has 98 valence electrons. The Bertz CT molecular complexity index is 825. The van der Waals surface area contributed by atoms with Crippen molar-refractivity contribution in [2.24, 2.45) is 0 Å².